The van der Waals surface area contributed by atoms with Crippen molar-refractivity contribution >= 4 is 39.1 Å². The van der Waals surface area contributed by atoms with Gasteiger partial charge in [-0.25, -0.2) is 4.98 Å². The molecule has 1 aromatic carbocycles. The van der Waals surface area contributed by atoms with Crippen molar-refractivity contribution in [1.82, 2.24) is 14.1 Å². The van der Waals surface area contributed by atoms with Crippen molar-refractivity contribution in [3.63, 3.8) is 0 Å². The number of hydrogen-bond acceptors (Lipinski definition) is 7. The first kappa shape index (κ1) is 27.3. The minimum Gasteiger partial charge on any atom is -0.497 e. The Morgan fingerprint density at radius 1 is 1.15 bits per heavy atom. The summed E-state index contributed by atoms with van der Waals surface area (Å²) in [4.78, 5) is 34.7. The molecule has 6 rings (SSSR count). The van der Waals surface area contributed by atoms with E-state index in [1.807, 2.05) is 44.2 Å². The van der Waals surface area contributed by atoms with E-state index in [0.717, 1.165) is 90.3 Å². The van der Waals surface area contributed by atoms with Crippen molar-refractivity contribution in [3.8, 4) is 11.4 Å². The highest BCUT2D eigenvalue weighted by molar-refractivity contribution is 7.99. The number of ketones is 1. The van der Waals surface area contributed by atoms with Gasteiger partial charge in [-0.3, -0.25) is 14.2 Å². The number of hydrogen-bond donors (Lipinski definition) is 0. The molecule has 1 fully saturated rings. The molecule has 0 saturated carbocycles. The molecule has 1 saturated heterocycles. The van der Waals surface area contributed by atoms with Gasteiger partial charge in [0, 0.05) is 35.0 Å². The van der Waals surface area contributed by atoms with Gasteiger partial charge in [-0.05, 0) is 88.3 Å². The number of nitrogens with zero attached hydrogens (tertiary/aromatic N) is 3. The maximum absolute atomic E-state index is 14.1. The molecule has 1 atom stereocenters. The normalized spacial score (nSPS) is 17.2. The molecule has 0 radical (unpaired) electrons. The third kappa shape index (κ3) is 5.15. The SMILES string of the molecule is COc1ccc(-n2c(SCC(=O)c3cc(C)n(C[C@H]4CCCO4)c3C)nc3sc4c(c3c2=O)CCCCC4)cc1. The lowest BCUT2D eigenvalue weighted by molar-refractivity contribution is 0.0957. The molecule has 0 unspecified atom stereocenters. The van der Waals surface area contributed by atoms with Crippen LogP contribution >= 0.6 is 23.1 Å². The standard InChI is InChI=1S/C31H35N3O4S2/c1-19-16-25(20(2)33(19)17-23-8-7-15-38-23)26(35)18-39-31-32-29-28(24-9-5-4-6-10-27(24)40-29)30(36)34(31)21-11-13-22(37-3)14-12-21/h11-14,16,23H,4-10,15,17-18H2,1-3H3/t23-/m1/s1. The maximum Gasteiger partial charge on any atom is 0.267 e. The molecule has 1 aliphatic heterocycles. The topological polar surface area (TPSA) is 75.3 Å². The minimum atomic E-state index is -0.0562. The molecular formula is C31H35N3O4S2. The zero-order valence-corrected chi connectivity index (χ0v) is 25.0. The Labute approximate surface area is 242 Å². The van der Waals surface area contributed by atoms with Crippen molar-refractivity contribution in [1.29, 1.82) is 0 Å². The molecule has 2 aliphatic rings. The Morgan fingerprint density at radius 2 is 1.95 bits per heavy atom. The first-order valence-electron chi connectivity index (χ1n) is 14.1. The molecule has 1 aliphatic carbocycles. The summed E-state index contributed by atoms with van der Waals surface area (Å²) < 4.78 is 15.1. The second-order valence-electron chi connectivity index (χ2n) is 10.7. The molecule has 40 heavy (non-hydrogen) atoms. The van der Waals surface area contributed by atoms with E-state index in [9.17, 15) is 9.59 Å². The van der Waals surface area contributed by atoms with Crippen molar-refractivity contribution in [2.75, 3.05) is 19.5 Å². The number of rotatable bonds is 8. The smallest absolute Gasteiger partial charge is 0.267 e. The van der Waals surface area contributed by atoms with Crippen LogP contribution in [0.15, 0.2) is 40.3 Å². The van der Waals surface area contributed by atoms with Gasteiger partial charge in [0.05, 0.1) is 30.0 Å². The number of aryl methyl sites for hydroxylation is 3. The van der Waals surface area contributed by atoms with Crippen LogP contribution in [-0.4, -0.2) is 45.5 Å². The van der Waals surface area contributed by atoms with Crippen LogP contribution < -0.4 is 10.3 Å². The quantitative estimate of drug-likeness (QED) is 0.106. The van der Waals surface area contributed by atoms with E-state index in [0.29, 0.717) is 5.16 Å². The van der Waals surface area contributed by atoms with Gasteiger partial charge in [0.2, 0.25) is 0 Å². The third-order valence-electron chi connectivity index (χ3n) is 8.16. The van der Waals surface area contributed by atoms with Crippen LogP contribution in [0.25, 0.3) is 15.9 Å². The number of carbonyl (C=O) groups is 1. The van der Waals surface area contributed by atoms with Gasteiger partial charge < -0.3 is 14.0 Å². The Bertz CT molecular complexity index is 1610. The van der Waals surface area contributed by atoms with Gasteiger partial charge in [-0.1, -0.05) is 18.2 Å². The van der Waals surface area contributed by atoms with E-state index < -0.39 is 0 Å². The number of benzene rings is 1. The summed E-state index contributed by atoms with van der Waals surface area (Å²) in [7, 11) is 1.63. The van der Waals surface area contributed by atoms with Crippen LogP contribution in [0.1, 0.15) is 64.3 Å². The van der Waals surface area contributed by atoms with Crippen LogP contribution in [0.5, 0.6) is 5.75 Å². The number of thiophene rings is 1. The van der Waals surface area contributed by atoms with Gasteiger partial charge >= 0.3 is 0 Å². The van der Waals surface area contributed by atoms with Crippen molar-refractivity contribution in [2.24, 2.45) is 0 Å². The van der Waals surface area contributed by atoms with Crippen molar-refractivity contribution < 1.29 is 14.3 Å². The summed E-state index contributed by atoms with van der Waals surface area (Å²) in [5.74, 6) is 0.955. The van der Waals surface area contributed by atoms with E-state index in [2.05, 4.69) is 4.57 Å². The van der Waals surface area contributed by atoms with Crippen LogP contribution in [0.3, 0.4) is 0 Å². The predicted octanol–water partition coefficient (Wildman–Crippen LogP) is 6.30. The number of fused-ring (bicyclic) bond motifs is 3. The average molecular weight is 578 g/mol. The largest absolute Gasteiger partial charge is 0.497 e. The monoisotopic (exact) mass is 577 g/mol. The second kappa shape index (κ2) is 11.5. The Morgan fingerprint density at radius 3 is 2.70 bits per heavy atom. The first-order valence-corrected chi connectivity index (χ1v) is 15.9. The number of aromatic nitrogens is 3. The summed E-state index contributed by atoms with van der Waals surface area (Å²) in [6.07, 6.45) is 7.70. The highest BCUT2D eigenvalue weighted by Gasteiger charge is 2.24. The highest BCUT2D eigenvalue weighted by Crippen LogP contribution is 2.35. The van der Waals surface area contributed by atoms with Crippen LogP contribution in [-0.2, 0) is 24.1 Å². The second-order valence-corrected chi connectivity index (χ2v) is 12.7. The van der Waals surface area contributed by atoms with E-state index >= 15 is 0 Å². The molecular weight excluding hydrogens is 542 g/mol. The zero-order chi connectivity index (χ0) is 27.8. The molecule has 0 amide bonds. The molecule has 0 spiro atoms. The molecule has 7 nitrogen and oxygen atoms in total. The Balaban J connectivity index is 1.35. The molecule has 0 N–H and O–H groups in total. The van der Waals surface area contributed by atoms with Gasteiger partial charge in [0.15, 0.2) is 10.9 Å². The number of Topliss-reactive ketones (excluding diaryl/α,β-unsaturated/α-hetero) is 1. The number of ether oxygens (including phenoxy) is 2. The number of thioether (sulfide) groups is 1. The zero-order valence-electron chi connectivity index (χ0n) is 23.3. The Hall–Kier alpha value is -2.88. The van der Waals surface area contributed by atoms with Crippen LogP contribution in [0.2, 0.25) is 0 Å². The minimum absolute atomic E-state index is 0.0364. The molecule has 3 aromatic heterocycles. The highest BCUT2D eigenvalue weighted by atomic mass is 32.2. The summed E-state index contributed by atoms with van der Waals surface area (Å²) >= 11 is 2.98. The fourth-order valence-electron chi connectivity index (χ4n) is 5.98. The number of carbonyl (C=O) groups excluding carboxylic acids is 1. The predicted molar refractivity (Wildman–Crippen MR) is 161 cm³/mol. The lowest BCUT2D eigenvalue weighted by Crippen LogP contribution is -2.22. The first-order chi connectivity index (χ1) is 19.4. The van der Waals surface area contributed by atoms with Crippen molar-refractivity contribution in [3.05, 3.63) is 68.1 Å². The van der Waals surface area contributed by atoms with Crippen LogP contribution in [0.4, 0.5) is 0 Å². The van der Waals surface area contributed by atoms with Gasteiger partial charge in [0.25, 0.3) is 5.56 Å². The fraction of sp³-hybridized carbons (Fsp3) is 0.452. The maximum atomic E-state index is 14.1. The summed E-state index contributed by atoms with van der Waals surface area (Å²) in [6.45, 7) is 5.64. The Kier molecular flexibility index (Phi) is 7.88. The van der Waals surface area contributed by atoms with Crippen LogP contribution in [0, 0.1) is 13.8 Å². The molecule has 210 valence electrons. The summed E-state index contributed by atoms with van der Waals surface area (Å²) in [5.41, 5.74) is 4.60. The van der Waals surface area contributed by atoms with E-state index in [1.54, 1.807) is 23.0 Å². The summed E-state index contributed by atoms with van der Waals surface area (Å²) in [5, 5.41) is 1.28. The lowest BCUT2D eigenvalue weighted by atomic mass is 10.1. The lowest BCUT2D eigenvalue weighted by Gasteiger charge is -2.15. The molecule has 9 heteroatoms. The fourth-order valence-corrected chi connectivity index (χ4v) is 8.18. The van der Waals surface area contributed by atoms with Gasteiger partial charge in [-0.2, -0.15) is 0 Å². The molecule has 0 bridgehead atoms. The van der Waals surface area contributed by atoms with Crippen molar-refractivity contribution in [2.45, 2.75) is 76.6 Å². The molecule has 4 aromatic rings. The van der Waals surface area contributed by atoms with Gasteiger partial charge in [-0.15, -0.1) is 11.3 Å². The summed E-state index contributed by atoms with van der Waals surface area (Å²) in [6, 6.07) is 9.44. The van der Waals surface area contributed by atoms with E-state index in [-0.39, 0.29) is 23.2 Å². The van der Waals surface area contributed by atoms with E-state index in [4.69, 9.17) is 14.5 Å². The number of methoxy groups -OCH3 is 1. The van der Waals surface area contributed by atoms with E-state index in [1.165, 1.54) is 28.6 Å². The molecule has 4 heterocycles. The average Bonchev–Trinajstić information content (AvgIpc) is 3.62. The third-order valence-corrected chi connectivity index (χ3v) is 10.3. The van der Waals surface area contributed by atoms with Gasteiger partial charge in [0.1, 0.15) is 10.6 Å².